The molecule has 7 nitrogen and oxygen atoms in total. The van der Waals surface area contributed by atoms with Gasteiger partial charge in [0, 0.05) is 5.56 Å². The topological polar surface area (TPSA) is 78.9 Å². The van der Waals surface area contributed by atoms with Crippen molar-refractivity contribution < 1.29 is 13.9 Å². The number of ether oxygens (including phenoxy) is 2. The third-order valence-corrected chi connectivity index (χ3v) is 6.18. The maximum atomic E-state index is 13.6. The lowest BCUT2D eigenvalue weighted by Crippen LogP contribution is -2.20. The van der Waals surface area contributed by atoms with Crippen molar-refractivity contribution in [2.45, 2.75) is 6.61 Å². The van der Waals surface area contributed by atoms with Crippen molar-refractivity contribution in [1.29, 1.82) is 0 Å². The highest BCUT2D eigenvalue weighted by Crippen LogP contribution is 2.33. The third kappa shape index (κ3) is 4.41. The van der Waals surface area contributed by atoms with Gasteiger partial charge in [-0.3, -0.25) is 4.79 Å². The highest BCUT2D eigenvalue weighted by atomic mass is 16.5. The fraction of sp³-hybridized carbons (Fsp3) is 0.0645. The molecule has 2 aromatic heterocycles. The molecule has 38 heavy (non-hydrogen) atoms. The Kier molecular flexibility index (Phi) is 6.16. The molecule has 0 spiro atoms. The molecular weight excluding hydrogens is 478 g/mol. The van der Waals surface area contributed by atoms with Gasteiger partial charge in [0.25, 0.3) is 5.56 Å². The molecule has 7 heteroatoms. The number of benzene rings is 4. The molecule has 0 saturated carbocycles. The van der Waals surface area contributed by atoms with Gasteiger partial charge in [-0.2, -0.15) is 9.78 Å². The van der Waals surface area contributed by atoms with E-state index < -0.39 is 0 Å². The quantitative estimate of drug-likeness (QED) is 0.241. The summed E-state index contributed by atoms with van der Waals surface area (Å²) in [5, 5.41) is 5.81. The van der Waals surface area contributed by atoms with Gasteiger partial charge in [-0.25, -0.2) is 4.98 Å². The molecule has 0 unspecified atom stereocenters. The fourth-order valence-electron chi connectivity index (χ4n) is 4.29. The van der Waals surface area contributed by atoms with Gasteiger partial charge in [0.1, 0.15) is 23.7 Å². The molecule has 6 rings (SSSR count). The molecule has 0 aliphatic heterocycles. The minimum absolute atomic E-state index is 0.283. The van der Waals surface area contributed by atoms with Crippen LogP contribution in [0.25, 0.3) is 33.5 Å². The van der Waals surface area contributed by atoms with Gasteiger partial charge >= 0.3 is 0 Å². The molecule has 0 amide bonds. The smallest absolute Gasteiger partial charge is 0.282 e. The van der Waals surface area contributed by atoms with Crippen LogP contribution in [0.5, 0.6) is 11.5 Å². The average Bonchev–Trinajstić information content (AvgIpc) is 3.41. The number of hydrogen-bond acceptors (Lipinski definition) is 6. The molecule has 4 aromatic carbocycles. The Morgan fingerprint density at radius 3 is 2.50 bits per heavy atom. The Bertz CT molecular complexity index is 1840. The first-order chi connectivity index (χ1) is 18.7. The van der Waals surface area contributed by atoms with E-state index in [9.17, 15) is 4.79 Å². The van der Waals surface area contributed by atoms with Crippen LogP contribution in [0, 0.1) is 0 Å². The van der Waals surface area contributed by atoms with Crippen LogP contribution in [-0.4, -0.2) is 23.0 Å². The lowest BCUT2D eigenvalue weighted by Gasteiger charge is -2.10. The second kappa shape index (κ2) is 10.1. The lowest BCUT2D eigenvalue weighted by molar-refractivity contribution is 0.306. The van der Waals surface area contributed by atoms with Crippen LogP contribution in [0.4, 0.5) is 0 Å². The SMILES string of the molecule is COc1cccc2oc(-c3nc4ccccc4c(=O)n3N=Cc3ccccc3OCc3ccccc3)cc12. The zero-order chi connectivity index (χ0) is 25.9. The Hall–Kier alpha value is -5.17. The summed E-state index contributed by atoms with van der Waals surface area (Å²) in [5.74, 6) is 2.00. The summed E-state index contributed by atoms with van der Waals surface area (Å²) in [6, 6.07) is 32.0. The predicted octanol–water partition coefficient (Wildman–Crippen LogP) is 6.28. The second-order valence-corrected chi connectivity index (χ2v) is 8.61. The third-order valence-electron chi connectivity index (χ3n) is 6.18. The summed E-state index contributed by atoms with van der Waals surface area (Å²) in [6.07, 6.45) is 1.60. The molecule has 186 valence electrons. The van der Waals surface area contributed by atoms with Crippen LogP contribution in [0.1, 0.15) is 11.1 Å². The zero-order valence-electron chi connectivity index (χ0n) is 20.6. The van der Waals surface area contributed by atoms with Crippen molar-refractivity contribution in [3.05, 3.63) is 125 Å². The number of aromatic nitrogens is 2. The van der Waals surface area contributed by atoms with Crippen molar-refractivity contribution in [2.24, 2.45) is 5.10 Å². The monoisotopic (exact) mass is 501 g/mol. The molecule has 0 atom stereocenters. The molecular formula is C31H23N3O4. The van der Waals surface area contributed by atoms with Gasteiger partial charge in [0.2, 0.25) is 5.82 Å². The van der Waals surface area contributed by atoms with E-state index in [1.54, 1.807) is 31.5 Å². The van der Waals surface area contributed by atoms with Crippen LogP contribution < -0.4 is 15.0 Å². The Morgan fingerprint density at radius 1 is 0.868 bits per heavy atom. The van der Waals surface area contributed by atoms with Crippen LogP contribution in [0.2, 0.25) is 0 Å². The van der Waals surface area contributed by atoms with E-state index in [1.165, 1.54) is 4.68 Å². The number of nitrogens with zero attached hydrogens (tertiary/aromatic N) is 3. The van der Waals surface area contributed by atoms with E-state index in [-0.39, 0.29) is 11.4 Å². The number of para-hydroxylation sites is 2. The number of fused-ring (bicyclic) bond motifs is 2. The Balaban J connectivity index is 1.45. The van der Waals surface area contributed by atoms with E-state index in [2.05, 4.69) is 5.10 Å². The van der Waals surface area contributed by atoms with Gasteiger partial charge in [-0.1, -0.05) is 60.7 Å². The van der Waals surface area contributed by atoms with Gasteiger partial charge in [0.05, 0.1) is 29.6 Å². The van der Waals surface area contributed by atoms with Crippen molar-refractivity contribution in [2.75, 3.05) is 7.11 Å². The number of rotatable bonds is 7. The average molecular weight is 502 g/mol. The first-order valence-electron chi connectivity index (χ1n) is 12.1. The second-order valence-electron chi connectivity index (χ2n) is 8.61. The maximum absolute atomic E-state index is 13.6. The molecule has 0 saturated heterocycles. The number of methoxy groups -OCH3 is 1. The molecule has 0 aliphatic carbocycles. The molecule has 0 radical (unpaired) electrons. The highest BCUT2D eigenvalue weighted by Gasteiger charge is 2.18. The number of furan rings is 1. The minimum atomic E-state index is -0.308. The number of hydrogen-bond donors (Lipinski definition) is 0. The van der Waals surface area contributed by atoms with Gasteiger partial charge in [-0.15, -0.1) is 0 Å². The summed E-state index contributed by atoms with van der Waals surface area (Å²) in [7, 11) is 1.60. The van der Waals surface area contributed by atoms with E-state index in [1.807, 2.05) is 84.9 Å². The fourth-order valence-corrected chi connectivity index (χ4v) is 4.29. The molecule has 6 aromatic rings. The molecule has 0 bridgehead atoms. The summed E-state index contributed by atoms with van der Waals surface area (Å²) < 4.78 is 18.9. The van der Waals surface area contributed by atoms with Gasteiger partial charge in [0.15, 0.2) is 5.76 Å². The molecule has 2 heterocycles. The van der Waals surface area contributed by atoms with Crippen molar-refractivity contribution in [3.8, 4) is 23.1 Å². The van der Waals surface area contributed by atoms with Crippen LogP contribution in [0.3, 0.4) is 0 Å². The summed E-state index contributed by atoms with van der Waals surface area (Å²) >= 11 is 0. The molecule has 0 N–H and O–H groups in total. The van der Waals surface area contributed by atoms with Gasteiger partial charge in [-0.05, 0) is 48.0 Å². The molecule has 0 aliphatic rings. The minimum Gasteiger partial charge on any atom is -0.496 e. The van der Waals surface area contributed by atoms with Crippen LogP contribution in [0.15, 0.2) is 117 Å². The van der Waals surface area contributed by atoms with Crippen LogP contribution >= 0.6 is 0 Å². The summed E-state index contributed by atoms with van der Waals surface area (Å²) in [4.78, 5) is 18.3. The predicted molar refractivity (Wildman–Crippen MR) is 148 cm³/mol. The van der Waals surface area contributed by atoms with Crippen molar-refractivity contribution in [3.63, 3.8) is 0 Å². The standard InChI is InChI=1S/C31H23N3O4/c1-36-27-16-9-17-28-24(27)18-29(38-28)30-33-25-14-7-6-13-23(25)31(35)34(30)32-19-22-12-5-8-15-26(22)37-20-21-10-3-2-4-11-21/h2-19H,20H2,1H3. The maximum Gasteiger partial charge on any atom is 0.282 e. The normalized spacial score (nSPS) is 11.4. The Morgan fingerprint density at radius 2 is 1.63 bits per heavy atom. The molecule has 0 fully saturated rings. The van der Waals surface area contributed by atoms with E-state index >= 15 is 0 Å². The summed E-state index contributed by atoms with van der Waals surface area (Å²) in [5.41, 5.74) is 2.64. The highest BCUT2D eigenvalue weighted by molar-refractivity contribution is 5.89. The lowest BCUT2D eigenvalue weighted by atomic mass is 10.2. The van der Waals surface area contributed by atoms with E-state index in [4.69, 9.17) is 18.9 Å². The van der Waals surface area contributed by atoms with Crippen molar-refractivity contribution in [1.82, 2.24) is 9.66 Å². The summed E-state index contributed by atoms with van der Waals surface area (Å²) in [6.45, 7) is 0.412. The van der Waals surface area contributed by atoms with Crippen LogP contribution in [-0.2, 0) is 6.61 Å². The first kappa shape index (κ1) is 23.2. The first-order valence-corrected chi connectivity index (χ1v) is 12.1. The Labute approximate surface area is 218 Å². The van der Waals surface area contributed by atoms with Crippen molar-refractivity contribution >= 4 is 28.1 Å². The van der Waals surface area contributed by atoms with E-state index in [0.29, 0.717) is 40.4 Å². The largest absolute Gasteiger partial charge is 0.496 e. The van der Waals surface area contributed by atoms with Gasteiger partial charge < -0.3 is 13.9 Å². The van der Waals surface area contributed by atoms with E-state index in [0.717, 1.165) is 16.5 Å². The zero-order valence-corrected chi connectivity index (χ0v) is 20.6.